The van der Waals surface area contributed by atoms with Crippen LogP contribution in [0.5, 0.6) is 5.88 Å². The van der Waals surface area contributed by atoms with Crippen LogP contribution < -0.4 is 15.4 Å². The standard InChI is InChI=1S/C28H37FN4O3/c1-19-3-7-24(8-4-19)36-26-16-22(9-12-30-26)18-32-28(35)33-13-10-23(11-14-33)27(34)31-17-21-6-5-20(2)25(29)15-21/h5-6,9,12,15-16,19,23-24H,3-4,7-8,10-11,13-14,17-18H2,1-2H3,(H,31,34)(H,32,35). The van der Waals surface area contributed by atoms with Crippen molar-refractivity contribution < 1.29 is 18.7 Å². The normalized spacial score (nSPS) is 20.6. The Balaban J connectivity index is 1.18. The topological polar surface area (TPSA) is 83.6 Å². The second-order valence-corrected chi connectivity index (χ2v) is 10.2. The third-order valence-corrected chi connectivity index (χ3v) is 7.35. The first-order valence-electron chi connectivity index (χ1n) is 13.0. The maximum Gasteiger partial charge on any atom is 0.317 e. The number of rotatable bonds is 7. The van der Waals surface area contributed by atoms with Gasteiger partial charge in [0.25, 0.3) is 0 Å². The van der Waals surface area contributed by atoms with Gasteiger partial charge in [-0.15, -0.1) is 0 Å². The van der Waals surface area contributed by atoms with Crippen LogP contribution in [0.2, 0.25) is 0 Å². The number of carbonyl (C=O) groups excluding carboxylic acids is 2. The van der Waals surface area contributed by atoms with Gasteiger partial charge in [0, 0.05) is 44.4 Å². The zero-order chi connectivity index (χ0) is 25.5. The number of aromatic nitrogens is 1. The van der Waals surface area contributed by atoms with Crippen LogP contribution in [0.1, 0.15) is 62.1 Å². The lowest BCUT2D eigenvalue weighted by Crippen LogP contribution is -2.46. The summed E-state index contributed by atoms with van der Waals surface area (Å²) in [6.45, 7) is 5.73. The molecule has 7 nitrogen and oxygen atoms in total. The summed E-state index contributed by atoms with van der Waals surface area (Å²) in [6, 6.07) is 8.63. The molecule has 194 valence electrons. The van der Waals surface area contributed by atoms with Crippen molar-refractivity contribution in [2.24, 2.45) is 11.8 Å². The maximum atomic E-state index is 13.7. The number of likely N-dealkylation sites (tertiary alicyclic amines) is 1. The van der Waals surface area contributed by atoms with Crippen LogP contribution >= 0.6 is 0 Å². The van der Waals surface area contributed by atoms with Crippen LogP contribution in [0.25, 0.3) is 0 Å². The molecule has 0 bridgehead atoms. The van der Waals surface area contributed by atoms with Crippen molar-refractivity contribution in [1.29, 1.82) is 0 Å². The quantitative estimate of drug-likeness (QED) is 0.581. The highest BCUT2D eigenvalue weighted by Crippen LogP contribution is 2.26. The Hall–Kier alpha value is -3.16. The van der Waals surface area contributed by atoms with Crippen LogP contribution in [-0.2, 0) is 17.9 Å². The molecule has 2 aromatic rings. The van der Waals surface area contributed by atoms with E-state index in [2.05, 4.69) is 22.5 Å². The van der Waals surface area contributed by atoms with Crippen LogP contribution in [-0.4, -0.2) is 41.0 Å². The molecule has 1 saturated carbocycles. The zero-order valence-corrected chi connectivity index (χ0v) is 21.3. The molecule has 2 heterocycles. The molecule has 0 atom stereocenters. The predicted molar refractivity (Wildman–Crippen MR) is 136 cm³/mol. The lowest BCUT2D eigenvalue weighted by atomic mass is 9.89. The SMILES string of the molecule is Cc1ccc(CNC(=O)C2CCN(C(=O)NCc3ccnc(OC4CCC(C)CC4)c3)CC2)cc1F. The molecule has 0 radical (unpaired) electrons. The summed E-state index contributed by atoms with van der Waals surface area (Å²) in [7, 11) is 0. The largest absolute Gasteiger partial charge is 0.474 e. The monoisotopic (exact) mass is 496 g/mol. The second kappa shape index (κ2) is 12.2. The van der Waals surface area contributed by atoms with E-state index in [1.54, 1.807) is 24.1 Å². The number of urea groups is 1. The number of amides is 3. The van der Waals surface area contributed by atoms with Crippen molar-refractivity contribution in [1.82, 2.24) is 20.5 Å². The van der Waals surface area contributed by atoms with Crippen molar-refractivity contribution in [2.45, 2.75) is 71.6 Å². The van der Waals surface area contributed by atoms with E-state index in [1.165, 1.54) is 18.9 Å². The molecule has 1 aromatic carbocycles. The van der Waals surface area contributed by atoms with Crippen molar-refractivity contribution in [3.63, 3.8) is 0 Å². The molecule has 36 heavy (non-hydrogen) atoms. The fourth-order valence-electron chi connectivity index (χ4n) is 4.86. The number of piperidine rings is 1. The number of nitrogens with one attached hydrogen (secondary N) is 2. The summed E-state index contributed by atoms with van der Waals surface area (Å²) >= 11 is 0. The smallest absolute Gasteiger partial charge is 0.317 e. The summed E-state index contributed by atoms with van der Waals surface area (Å²) in [6.07, 6.45) is 7.64. The molecule has 1 aliphatic carbocycles. The van der Waals surface area contributed by atoms with Gasteiger partial charge in [-0.1, -0.05) is 19.1 Å². The first-order valence-corrected chi connectivity index (χ1v) is 13.0. The van der Waals surface area contributed by atoms with E-state index >= 15 is 0 Å². The molecule has 8 heteroatoms. The highest BCUT2D eigenvalue weighted by atomic mass is 19.1. The molecule has 4 rings (SSSR count). The van der Waals surface area contributed by atoms with Gasteiger partial charge in [0.05, 0.1) is 0 Å². The minimum atomic E-state index is -0.268. The summed E-state index contributed by atoms with van der Waals surface area (Å²) in [5, 5.41) is 5.87. The number of carbonyl (C=O) groups is 2. The highest BCUT2D eigenvalue weighted by Gasteiger charge is 2.27. The van der Waals surface area contributed by atoms with Crippen LogP contribution in [0, 0.1) is 24.6 Å². The molecular formula is C28H37FN4O3. The Morgan fingerprint density at radius 2 is 1.69 bits per heavy atom. The lowest BCUT2D eigenvalue weighted by Gasteiger charge is -2.31. The van der Waals surface area contributed by atoms with Gasteiger partial charge in [0.2, 0.25) is 11.8 Å². The first-order chi connectivity index (χ1) is 17.4. The Kier molecular flexibility index (Phi) is 8.78. The number of aryl methyl sites for hydroxylation is 1. The zero-order valence-electron chi connectivity index (χ0n) is 21.3. The van der Waals surface area contributed by atoms with Gasteiger partial charge in [0.1, 0.15) is 11.9 Å². The van der Waals surface area contributed by atoms with Crippen molar-refractivity contribution in [3.8, 4) is 5.88 Å². The minimum Gasteiger partial charge on any atom is -0.474 e. The number of nitrogens with zero attached hydrogens (tertiary/aromatic N) is 2. The molecule has 1 aliphatic heterocycles. The van der Waals surface area contributed by atoms with Gasteiger partial charge in [-0.05, 0) is 80.2 Å². The molecule has 1 saturated heterocycles. The van der Waals surface area contributed by atoms with Gasteiger partial charge in [-0.25, -0.2) is 14.2 Å². The minimum absolute atomic E-state index is 0.0484. The van der Waals surface area contributed by atoms with E-state index in [4.69, 9.17) is 4.74 Å². The van der Waals surface area contributed by atoms with E-state index in [0.29, 0.717) is 50.5 Å². The molecule has 0 spiro atoms. The molecule has 1 aromatic heterocycles. The summed E-state index contributed by atoms with van der Waals surface area (Å²) in [5.41, 5.74) is 2.27. The number of ether oxygens (including phenoxy) is 1. The number of benzene rings is 1. The Morgan fingerprint density at radius 3 is 2.42 bits per heavy atom. The fourth-order valence-corrected chi connectivity index (χ4v) is 4.86. The van der Waals surface area contributed by atoms with Gasteiger partial charge in [-0.3, -0.25) is 4.79 Å². The summed E-state index contributed by atoms with van der Waals surface area (Å²) in [4.78, 5) is 31.3. The Bertz CT molecular complexity index is 1050. The Morgan fingerprint density at radius 1 is 1.00 bits per heavy atom. The van der Waals surface area contributed by atoms with Crippen LogP contribution in [0.3, 0.4) is 0 Å². The predicted octanol–water partition coefficient (Wildman–Crippen LogP) is 4.72. The van der Waals surface area contributed by atoms with E-state index in [1.807, 2.05) is 18.2 Å². The average molecular weight is 497 g/mol. The van der Waals surface area contributed by atoms with E-state index in [0.717, 1.165) is 29.9 Å². The Labute approximate surface area is 212 Å². The van der Waals surface area contributed by atoms with Crippen LogP contribution in [0.15, 0.2) is 36.5 Å². The van der Waals surface area contributed by atoms with E-state index < -0.39 is 0 Å². The third-order valence-electron chi connectivity index (χ3n) is 7.35. The van der Waals surface area contributed by atoms with Crippen molar-refractivity contribution in [2.75, 3.05) is 13.1 Å². The molecule has 2 fully saturated rings. The average Bonchev–Trinajstić information content (AvgIpc) is 2.89. The molecule has 0 unspecified atom stereocenters. The van der Waals surface area contributed by atoms with Gasteiger partial charge >= 0.3 is 6.03 Å². The van der Waals surface area contributed by atoms with Gasteiger partial charge < -0.3 is 20.3 Å². The number of pyridine rings is 1. The van der Waals surface area contributed by atoms with Gasteiger partial charge in [0.15, 0.2) is 0 Å². The molecule has 2 aliphatic rings. The summed E-state index contributed by atoms with van der Waals surface area (Å²) < 4.78 is 19.8. The molecule has 2 N–H and O–H groups in total. The van der Waals surface area contributed by atoms with E-state index in [9.17, 15) is 14.0 Å². The van der Waals surface area contributed by atoms with Crippen LogP contribution in [0.4, 0.5) is 9.18 Å². The third kappa shape index (κ3) is 7.18. The highest BCUT2D eigenvalue weighted by molar-refractivity contribution is 5.79. The fraction of sp³-hybridized carbons (Fsp3) is 0.536. The number of hydrogen-bond donors (Lipinski definition) is 2. The van der Waals surface area contributed by atoms with Crippen molar-refractivity contribution in [3.05, 3.63) is 59.0 Å². The van der Waals surface area contributed by atoms with E-state index in [-0.39, 0.29) is 29.8 Å². The lowest BCUT2D eigenvalue weighted by molar-refractivity contribution is -0.126. The summed E-state index contributed by atoms with van der Waals surface area (Å²) in [5.74, 6) is 0.917. The number of hydrogen-bond acceptors (Lipinski definition) is 4. The molecule has 3 amide bonds. The van der Waals surface area contributed by atoms with Crippen molar-refractivity contribution >= 4 is 11.9 Å². The maximum absolute atomic E-state index is 13.7. The second-order valence-electron chi connectivity index (χ2n) is 10.2. The first kappa shape index (κ1) is 25.9. The van der Waals surface area contributed by atoms with Gasteiger partial charge in [-0.2, -0.15) is 0 Å². The number of halogens is 1. The molecular weight excluding hydrogens is 459 g/mol.